The van der Waals surface area contributed by atoms with Gasteiger partial charge in [-0.05, 0) is 23.8 Å². The van der Waals surface area contributed by atoms with Gasteiger partial charge >= 0.3 is 0 Å². The van der Waals surface area contributed by atoms with Gasteiger partial charge in [0.25, 0.3) is 5.91 Å². The van der Waals surface area contributed by atoms with Crippen LogP contribution in [0.2, 0.25) is 5.02 Å². The number of ether oxygens (including phenoxy) is 1. The van der Waals surface area contributed by atoms with Crippen LogP contribution in [0.3, 0.4) is 0 Å². The largest absolute Gasteiger partial charge is 0.481 e. The van der Waals surface area contributed by atoms with Crippen LogP contribution in [0.15, 0.2) is 53.8 Å². The van der Waals surface area contributed by atoms with Gasteiger partial charge < -0.3 is 10.1 Å². The number of carbonyl (C=O) groups excluding carboxylic acids is 1. The van der Waals surface area contributed by atoms with E-state index < -0.39 is 21.7 Å². The summed E-state index contributed by atoms with van der Waals surface area (Å²) in [6.07, 6.45) is 4.10. The molecule has 0 aliphatic carbocycles. The summed E-state index contributed by atoms with van der Waals surface area (Å²) >= 11 is 5.63. The highest BCUT2D eigenvalue weighted by Crippen LogP contribution is 2.19. The van der Waals surface area contributed by atoms with Crippen molar-refractivity contribution in [1.29, 1.82) is 0 Å². The fraction of sp³-hybridized carbons (Fsp3) is 0.158. The molecule has 31 heavy (non-hydrogen) atoms. The van der Waals surface area contributed by atoms with Crippen LogP contribution in [-0.4, -0.2) is 36.4 Å². The van der Waals surface area contributed by atoms with Crippen molar-refractivity contribution in [2.75, 3.05) is 7.11 Å². The normalized spacial score (nSPS) is 11.2. The molecule has 0 aliphatic rings. The molecule has 0 aliphatic heterocycles. The van der Waals surface area contributed by atoms with Crippen molar-refractivity contribution in [3.05, 3.63) is 76.7 Å². The zero-order valence-electron chi connectivity index (χ0n) is 16.2. The lowest BCUT2D eigenvalue weighted by Crippen LogP contribution is -2.25. The zero-order chi connectivity index (χ0) is 22.4. The molecule has 0 atom stereocenters. The minimum atomic E-state index is -3.93. The van der Waals surface area contributed by atoms with E-state index in [1.807, 2.05) is 0 Å². The van der Waals surface area contributed by atoms with Crippen molar-refractivity contribution in [3.63, 3.8) is 0 Å². The number of nitrogens with zero attached hydrogens (tertiary/aromatic N) is 3. The molecule has 2 heterocycles. The minimum Gasteiger partial charge on any atom is -0.481 e. The van der Waals surface area contributed by atoms with E-state index in [-0.39, 0.29) is 34.4 Å². The first kappa shape index (κ1) is 22.5. The molecule has 1 amide bonds. The molecule has 1 aromatic carbocycles. The first-order chi connectivity index (χ1) is 14.8. The number of hydrogen-bond donors (Lipinski definition) is 2. The lowest BCUT2D eigenvalue weighted by molar-refractivity contribution is 0.0945. The number of carbonyl (C=O) groups is 1. The van der Waals surface area contributed by atoms with E-state index in [4.69, 9.17) is 16.3 Å². The van der Waals surface area contributed by atoms with Crippen LogP contribution in [-0.2, 0) is 23.1 Å². The summed E-state index contributed by atoms with van der Waals surface area (Å²) in [5.74, 6) is -0.699. The Morgan fingerprint density at radius 2 is 1.90 bits per heavy atom. The highest BCUT2D eigenvalue weighted by atomic mass is 35.5. The van der Waals surface area contributed by atoms with E-state index in [9.17, 15) is 17.6 Å². The zero-order valence-corrected chi connectivity index (χ0v) is 17.7. The van der Waals surface area contributed by atoms with Gasteiger partial charge in [-0.2, -0.15) is 0 Å². The molecule has 0 saturated heterocycles. The molecule has 0 radical (unpaired) electrons. The van der Waals surface area contributed by atoms with Crippen LogP contribution in [0, 0.1) is 5.82 Å². The highest BCUT2D eigenvalue weighted by Gasteiger charge is 2.16. The molecule has 0 unspecified atom stereocenters. The Hall–Kier alpha value is -3.15. The van der Waals surface area contributed by atoms with Gasteiger partial charge in [0.15, 0.2) is 0 Å². The lowest BCUT2D eigenvalue weighted by Gasteiger charge is -2.08. The fourth-order valence-electron chi connectivity index (χ4n) is 2.37. The molecule has 2 N–H and O–H groups in total. The first-order valence-electron chi connectivity index (χ1n) is 8.81. The molecular formula is C19H17ClFN5O4S. The topological polar surface area (TPSA) is 123 Å². The molecular weight excluding hydrogens is 449 g/mol. The molecule has 3 rings (SSSR count). The summed E-state index contributed by atoms with van der Waals surface area (Å²) in [5, 5.41) is 2.38. The molecule has 0 saturated carbocycles. The van der Waals surface area contributed by atoms with E-state index in [1.165, 1.54) is 19.5 Å². The van der Waals surface area contributed by atoms with E-state index in [0.717, 1.165) is 23.8 Å². The summed E-state index contributed by atoms with van der Waals surface area (Å²) < 4.78 is 45.1. The van der Waals surface area contributed by atoms with Gasteiger partial charge in [-0.1, -0.05) is 17.7 Å². The predicted molar refractivity (Wildman–Crippen MR) is 109 cm³/mol. The summed E-state index contributed by atoms with van der Waals surface area (Å²) in [4.78, 5) is 24.1. The number of methoxy groups -OCH3 is 1. The molecule has 0 spiro atoms. The Balaban J connectivity index is 1.56. The van der Waals surface area contributed by atoms with Gasteiger partial charge in [0.2, 0.25) is 15.9 Å². The van der Waals surface area contributed by atoms with Gasteiger partial charge in [0, 0.05) is 18.8 Å². The number of hydrogen-bond acceptors (Lipinski definition) is 7. The maximum Gasteiger partial charge on any atom is 0.271 e. The van der Waals surface area contributed by atoms with Crippen molar-refractivity contribution in [3.8, 4) is 5.88 Å². The lowest BCUT2D eigenvalue weighted by atomic mass is 10.3. The number of halogens is 2. The van der Waals surface area contributed by atoms with E-state index in [1.54, 1.807) is 18.3 Å². The van der Waals surface area contributed by atoms with Gasteiger partial charge in [-0.15, -0.1) is 0 Å². The second-order valence-electron chi connectivity index (χ2n) is 6.18. The molecule has 0 bridgehead atoms. The Kier molecular flexibility index (Phi) is 7.10. The van der Waals surface area contributed by atoms with Gasteiger partial charge in [-0.25, -0.2) is 27.5 Å². The van der Waals surface area contributed by atoms with Gasteiger partial charge in [0.1, 0.15) is 11.5 Å². The fourth-order valence-corrected chi connectivity index (χ4v) is 3.64. The monoisotopic (exact) mass is 465 g/mol. The summed E-state index contributed by atoms with van der Waals surface area (Å²) in [6, 6.07) is 6.52. The molecule has 2 aromatic heterocycles. The first-order valence-corrected chi connectivity index (χ1v) is 10.7. The van der Waals surface area contributed by atoms with E-state index >= 15 is 0 Å². The third kappa shape index (κ3) is 5.94. The third-order valence-corrected chi connectivity index (χ3v) is 5.73. The number of amides is 1. The second-order valence-corrected chi connectivity index (χ2v) is 8.36. The highest BCUT2D eigenvalue weighted by molar-refractivity contribution is 7.89. The van der Waals surface area contributed by atoms with Gasteiger partial charge in [0.05, 0.1) is 41.7 Å². The number of sulfonamides is 1. The molecule has 3 aromatic rings. The van der Waals surface area contributed by atoms with Crippen LogP contribution in [0.1, 0.15) is 21.7 Å². The molecule has 0 fully saturated rings. The van der Waals surface area contributed by atoms with E-state index in [0.29, 0.717) is 5.88 Å². The van der Waals surface area contributed by atoms with Crippen molar-refractivity contribution in [2.24, 2.45) is 0 Å². The Labute approximate surface area is 182 Å². The summed E-state index contributed by atoms with van der Waals surface area (Å²) in [7, 11) is -2.42. The van der Waals surface area contributed by atoms with Gasteiger partial charge in [-0.3, -0.25) is 9.78 Å². The Morgan fingerprint density at radius 3 is 2.52 bits per heavy atom. The molecule has 12 heteroatoms. The van der Waals surface area contributed by atoms with Crippen LogP contribution in [0.4, 0.5) is 4.39 Å². The number of aromatic nitrogens is 3. The SMILES string of the molecule is COc1ccc(CNC(=O)c2cnc(CNS(=O)(=O)c3ccc(F)c(Cl)c3)cn2)cn1. The number of benzene rings is 1. The van der Waals surface area contributed by atoms with Crippen molar-refractivity contribution in [1.82, 2.24) is 25.0 Å². The maximum absolute atomic E-state index is 13.2. The predicted octanol–water partition coefficient (Wildman–Crippen LogP) is 2.08. The molecule has 9 nitrogen and oxygen atoms in total. The summed E-state index contributed by atoms with van der Waals surface area (Å²) in [6.45, 7) is 0.0586. The third-order valence-electron chi connectivity index (χ3n) is 4.04. The number of pyridine rings is 1. The van der Waals surface area contributed by atoms with E-state index in [2.05, 4.69) is 25.0 Å². The Bertz CT molecular complexity index is 1170. The van der Waals surface area contributed by atoms with Crippen LogP contribution < -0.4 is 14.8 Å². The Morgan fingerprint density at radius 1 is 1.10 bits per heavy atom. The van der Waals surface area contributed by atoms with Crippen LogP contribution in [0.5, 0.6) is 5.88 Å². The summed E-state index contributed by atoms with van der Waals surface area (Å²) in [5.41, 5.74) is 1.13. The van der Waals surface area contributed by atoms with Crippen molar-refractivity contribution in [2.45, 2.75) is 18.0 Å². The maximum atomic E-state index is 13.2. The average Bonchev–Trinajstić information content (AvgIpc) is 2.78. The molecule has 162 valence electrons. The standard InChI is InChI=1S/C19H17ClFN5O4S/c1-30-18-5-2-12(7-24-18)8-25-19(27)17-11-22-13(9-23-17)10-26-31(28,29)14-3-4-16(21)15(20)6-14/h2-7,9,11,26H,8,10H2,1H3,(H,25,27). The number of nitrogens with one attached hydrogen (secondary N) is 2. The van der Waals surface area contributed by atoms with Crippen LogP contribution in [0.25, 0.3) is 0 Å². The van der Waals surface area contributed by atoms with Crippen molar-refractivity contribution < 1.29 is 22.3 Å². The number of rotatable bonds is 8. The van der Waals surface area contributed by atoms with Crippen molar-refractivity contribution >= 4 is 27.5 Å². The van der Waals surface area contributed by atoms with Crippen LogP contribution >= 0.6 is 11.6 Å². The second kappa shape index (κ2) is 9.77. The quantitative estimate of drug-likeness (QED) is 0.522. The average molecular weight is 466 g/mol. The minimum absolute atomic E-state index is 0.0680. The smallest absolute Gasteiger partial charge is 0.271 e.